The molecule has 1 amide bonds. The number of alkyl halides is 3. The van der Waals surface area contributed by atoms with Gasteiger partial charge < -0.3 is 5.32 Å². The molecule has 28 heavy (non-hydrogen) atoms. The molecule has 4 nitrogen and oxygen atoms in total. The number of hydrogen-bond acceptors (Lipinski definition) is 2. The lowest BCUT2D eigenvalue weighted by Gasteiger charge is -2.14. The summed E-state index contributed by atoms with van der Waals surface area (Å²) in [6.07, 6.45) is 2.04. The van der Waals surface area contributed by atoms with Crippen molar-refractivity contribution >= 4 is 12.0 Å². The van der Waals surface area contributed by atoms with Crippen LogP contribution in [0.5, 0.6) is 0 Å². The van der Waals surface area contributed by atoms with Gasteiger partial charge in [-0.25, -0.2) is 4.68 Å². The largest absolute Gasteiger partial charge is 0.416 e. The summed E-state index contributed by atoms with van der Waals surface area (Å²) in [4.78, 5) is 12.1. The van der Waals surface area contributed by atoms with E-state index < -0.39 is 17.8 Å². The number of carbonyl (C=O) groups is 1. The number of nitrogens with one attached hydrogen (secondary N) is 1. The summed E-state index contributed by atoms with van der Waals surface area (Å²) in [5.41, 5.74) is 1.53. The van der Waals surface area contributed by atoms with Crippen LogP contribution in [0.3, 0.4) is 0 Å². The molecule has 0 saturated heterocycles. The molecule has 1 atom stereocenters. The lowest BCUT2D eigenvalue weighted by Crippen LogP contribution is -2.24. The van der Waals surface area contributed by atoms with Gasteiger partial charge in [0.15, 0.2) is 0 Å². The Balaban J connectivity index is 1.60. The molecule has 2 aromatic carbocycles. The van der Waals surface area contributed by atoms with Crippen LogP contribution in [-0.2, 0) is 11.0 Å². The van der Waals surface area contributed by atoms with Crippen LogP contribution in [0, 0.1) is 0 Å². The second kappa shape index (κ2) is 8.12. The Labute approximate surface area is 160 Å². The Hall–Kier alpha value is -3.35. The number of nitrogens with zero attached hydrogens (tertiary/aromatic N) is 2. The standard InChI is InChI=1S/C21H18F3N3O/c1-15(17-8-10-18(11-9-17)21(22,23)24)26-20(28)12-7-16-13-25-27(14-16)19-5-3-2-4-6-19/h2-15H,1H3,(H,26,28). The number of carbonyl (C=O) groups excluding carboxylic acids is 1. The molecule has 1 aromatic heterocycles. The summed E-state index contributed by atoms with van der Waals surface area (Å²) >= 11 is 0. The molecule has 1 N–H and O–H groups in total. The summed E-state index contributed by atoms with van der Waals surface area (Å²) in [7, 11) is 0. The van der Waals surface area contributed by atoms with Crippen molar-refractivity contribution in [1.29, 1.82) is 0 Å². The molecular weight excluding hydrogens is 367 g/mol. The van der Waals surface area contributed by atoms with Crippen LogP contribution in [0.4, 0.5) is 13.2 Å². The van der Waals surface area contributed by atoms with E-state index in [1.54, 1.807) is 30.1 Å². The molecule has 0 spiro atoms. The molecule has 0 aliphatic heterocycles. The third-order valence-electron chi connectivity index (χ3n) is 4.15. The third-order valence-corrected chi connectivity index (χ3v) is 4.15. The van der Waals surface area contributed by atoms with Crippen molar-refractivity contribution < 1.29 is 18.0 Å². The Bertz CT molecular complexity index is 961. The Morgan fingerprint density at radius 2 is 1.79 bits per heavy atom. The van der Waals surface area contributed by atoms with Crippen molar-refractivity contribution in [2.75, 3.05) is 0 Å². The van der Waals surface area contributed by atoms with Crippen molar-refractivity contribution in [3.05, 3.63) is 89.8 Å². The van der Waals surface area contributed by atoms with E-state index in [-0.39, 0.29) is 5.91 Å². The predicted octanol–water partition coefficient (Wildman–Crippen LogP) is 4.78. The van der Waals surface area contributed by atoms with Crippen LogP contribution < -0.4 is 5.32 Å². The van der Waals surface area contributed by atoms with Gasteiger partial charge in [0.25, 0.3) is 0 Å². The number of halogens is 3. The normalized spacial score (nSPS) is 12.9. The van der Waals surface area contributed by atoms with E-state index in [9.17, 15) is 18.0 Å². The highest BCUT2D eigenvalue weighted by Crippen LogP contribution is 2.29. The number of aromatic nitrogens is 2. The van der Waals surface area contributed by atoms with E-state index in [4.69, 9.17) is 0 Å². The summed E-state index contributed by atoms with van der Waals surface area (Å²) in [5.74, 6) is -0.347. The van der Waals surface area contributed by atoms with Crippen molar-refractivity contribution in [3.8, 4) is 5.69 Å². The SMILES string of the molecule is CC(NC(=O)C=Cc1cnn(-c2ccccc2)c1)c1ccc(C(F)(F)F)cc1. The van der Waals surface area contributed by atoms with E-state index in [2.05, 4.69) is 10.4 Å². The van der Waals surface area contributed by atoms with E-state index >= 15 is 0 Å². The van der Waals surface area contributed by atoms with Crippen molar-refractivity contribution in [2.45, 2.75) is 19.1 Å². The van der Waals surface area contributed by atoms with Crippen molar-refractivity contribution in [3.63, 3.8) is 0 Å². The quantitative estimate of drug-likeness (QED) is 0.643. The molecule has 0 radical (unpaired) electrons. The molecule has 0 aliphatic carbocycles. The van der Waals surface area contributed by atoms with Crippen LogP contribution in [-0.4, -0.2) is 15.7 Å². The Morgan fingerprint density at radius 1 is 1.11 bits per heavy atom. The topological polar surface area (TPSA) is 46.9 Å². The van der Waals surface area contributed by atoms with Gasteiger partial charge in [0.1, 0.15) is 0 Å². The van der Waals surface area contributed by atoms with Gasteiger partial charge in [0.05, 0.1) is 23.5 Å². The second-order valence-electron chi connectivity index (χ2n) is 6.24. The van der Waals surface area contributed by atoms with E-state index in [1.165, 1.54) is 18.2 Å². The van der Waals surface area contributed by atoms with Gasteiger partial charge >= 0.3 is 6.18 Å². The van der Waals surface area contributed by atoms with Crippen LogP contribution in [0.2, 0.25) is 0 Å². The van der Waals surface area contributed by atoms with Gasteiger partial charge in [-0.3, -0.25) is 4.79 Å². The zero-order valence-electron chi connectivity index (χ0n) is 15.0. The van der Waals surface area contributed by atoms with Crippen LogP contribution >= 0.6 is 0 Å². The molecule has 7 heteroatoms. The number of amides is 1. The lowest BCUT2D eigenvalue weighted by atomic mass is 10.1. The predicted molar refractivity (Wildman–Crippen MR) is 101 cm³/mol. The number of para-hydroxylation sites is 1. The van der Waals surface area contributed by atoms with Crippen LogP contribution in [0.15, 0.2) is 73.1 Å². The molecular formula is C21H18F3N3O. The maximum Gasteiger partial charge on any atom is 0.416 e. The highest BCUT2D eigenvalue weighted by atomic mass is 19.4. The van der Waals surface area contributed by atoms with E-state index in [0.717, 1.165) is 23.4 Å². The zero-order chi connectivity index (χ0) is 20.1. The smallest absolute Gasteiger partial charge is 0.346 e. The minimum Gasteiger partial charge on any atom is -0.346 e. The van der Waals surface area contributed by atoms with Gasteiger partial charge in [0, 0.05) is 17.8 Å². The van der Waals surface area contributed by atoms with Crippen molar-refractivity contribution in [2.24, 2.45) is 0 Å². The molecule has 0 saturated carbocycles. The summed E-state index contributed by atoms with van der Waals surface area (Å²) in [6, 6.07) is 13.9. The fraction of sp³-hybridized carbons (Fsp3) is 0.143. The van der Waals surface area contributed by atoms with Crippen molar-refractivity contribution in [1.82, 2.24) is 15.1 Å². The minimum atomic E-state index is -4.38. The average Bonchev–Trinajstić information content (AvgIpc) is 3.15. The van der Waals surface area contributed by atoms with Gasteiger partial charge in [-0.2, -0.15) is 18.3 Å². The average molecular weight is 385 g/mol. The molecule has 0 fully saturated rings. The first-order valence-corrected chi connectivity index (χ1v) is 8.59. The Morgan fingerprint density at radius 3 is 2.43 bits per heavy atom. The molecule has 3 aromatic rings. The summed E-state index contributed by atoms with van der Waals surface area (Å²) < 4.78 is 39.5. The Kier molecular flexibility index (Phi) is 5.63. The van der Waals surface area contributed by atoms with E-state index in [0.29, 0.717) is 5.56 Å². The molecule has 0 bridgehead atoms. The molecule has 1 heterocycles. The molecule has 144 valence electrons. The van der Waals surface area contributed by atoms with E-state index in [1.807, 2.05) is 30.3 Å². The summed E-state index contributed by atoms with van der Waals surface area (Å²) in [5, 5.41) is 6.97. The fourth-order valence-electron chi connectivity index (χ4n) is 2.62. The maximum absolute atomic E-state index is 12.6. The van der Waals surface area contributed by atoms with Crippen LogP contribution in [0.1, 0.15) is 29.7 Å². The van der Waals surface area contributed by atoms with Gasteiger partial charge in [-0.1, -0.05) is 30.3 Å². The van der Waals surface area contributed by atoms with Gasteiger partial charge in [-0.05, 0) is 42.8 Å². The molecule has 1 unspecified atom stereocenters. The summed E-state index contributed by atoms with van der Waals surface area (Å²) in [6.45, 7) is 1.71. The lowest BCUT2D eigenvalue weighted by molar-refractivity contribution is -0.137. The minimum absolute atomic E-state index is 0.347. The van der Waals surface area contributed by atoms with Gasteiger partial charge in [0.2, 0.25) is 5.91 Å². The van der Waals surface area contributed by atoms with Crippen LogP contribution in [0.25, 0.3) is 11.8 Å². The first-order valence-electron chi connectivity index (χ1n) is 8.59. The third kappa shape index (κ3) is 4.88. The highest BCUT2D eigenvalue weighted by molar-refractivity contribution is 5.91. The first-order chi connectivity index (χ1) is 13.3. The number of rotatable bonds is 5. The number of benzene rings is 2. The number of hydrogen-bond donors (Lipinski definition) is 1. The monoisotopic (exact) mass is 385 g/mol. The van der Waals surface area contributed by atoms with Gasteiger partial charge in [-0.15, -0.1) is 0 Å². The molecule has 3 rings (SSSR count). The highest BCUT2D eigenvalue weighted by Gasteiger charge is 2.30. The maximum atomic E-state index is 12.6. The first kappa shape index (κ1) is 19.4. The fourth-order valence-corrected chi connectivity index (χ4v) is 2.62. The zero-order valence-corrected chi connectivity index (χ0v) is 15.0. The second-order valence-corrected chi connectivity index (χ2v) is 6.24. The molecule has 0 aliphatic rings.